The van der Waals surface area contributed by atoms with Crippen molar-refractivity contribution in [1.82, 2.24) is 19.7 Å². The molecule has 0 saturated heterocycles. The van der Waals surface area contributed by atoms with E-state index in [4.69, 9.17) is 0 Å². The van der Waals surface area contributed by atoms with Crippen molar-refractivity contribution in [3.05, 3.63) is 34.2 Å². The van der Waals surface area contributed by atoms with Crippen LogP contribution >= 0.6 is 23.1 Å². The Kier molecular flexibility index (Phi) is 5.86. The zero-order valence-electron chi connectivity index (χ0n) is 14.8. The Morgan fingerprint density at radius 1 is 1.20 bits per heavy atom. The SMILES string of the molecule is CCCCCSc1nnc(-c2cn(CC)c3nc(C)ccc3c2=O)s1. The summed E-state index contributed by atoms with van der Waals surface area (Å²) in [5, 5.41) is 9.83. The van der Waals surface area contributed by atoms with E-state index in [9.17, 15) is 4.79 Å². The van der Waals surface area contributed by atoms with E-state index < -0.39 is 0 Å². The summed E-state index contributed by atoms with van der Waals surface area (Å²) >= 11 is 3.22. The number of aromatic nitrogens is 4. The topological polar surface area (TPSA) is 60.7 Å². The van der Waals surface area contributed by atoms with E-state index in [1.54, 1.807) is 11.8 Å². The van der Waals surface area contributed by atoms with Gasteiger partial charge in [0.1, 0.15) is 5.65 Å². The molecule has 3 aromatic rings. The van der Waals surface area contributed by atoms with Crippen LogP contribution in [0.5, 0.6) is 0 Å². The lowest BCUT2D eigenvalue weighted by Gasteiger charge is -2.09. The molecule has 0 aromatic carbocycles. The Labute approximate surface area is 155 Å². The van der Waals surface area contributed by atoms with Crippen LogP contribution in [0.15, 0.2) is 27.5 Å². The number of nitrogens with zero attached hydrogens (tertiary/aromatic N) is 4. The van der Waals surface area contributed by atoms with Gasteiger partial charge in [0.05, 0.1) is 10.9 Å². The Morgan fingerprint density at radius 2 is 2.04 bits per heavy atom. The molecule has 0 aliphatic carbocycles. The molecule has 0 radical (unpaired) electrons. The fourth-order valence-electron chi connectivity index (χ4n) is 2.64. The van der Waals surface area contributed by atoms with Crippen molar-refractivity contribution in [2.45, 2.75) is 50.9 Å². The van der Waals surface area contributed by atoms with Gasteiger partial charge in [0.25, 0.3) is 0 Å². The number of aryl methyl sites for hydroxylation is 2. The second kappa shape index (κ2) is 8.10. The Balaban J connectivity index is 1.96. The molecule has 0 fully saturated rings. The molecule has 0 aliphatic rings. The second-order valence-corrected chi connectivity index (χ2v) is 8.23. The summed E-state index contributed by atoms with van der Waals surface area (Å²) < 4.78 is 2.94. The van der Waals surface area contributed by atoms with Crippen LogP contribution in [-0.4, -0.2) is 25.5 Å². The molecule has 3 aromatic heterocycles. The van der Waals surface area contributed by atoms with E-state index >= 15 is 0 Å². The highest BCUT2D eigenvalue weighted by molar-refractivity contribution is 8.01. The van der Waals surface area contributed by atoms with E-state index in [2.05, 4.69) is 22.1 Å². The summed E-state index contributed by atoms with van der Waals surface area (Å²) in [4.78, 5) is 17.4. The smallest absolute Gasteiger partial charge is 0.201 e. The van der Waals surface area contributed by atoms with Crippen LogP contribution in [0.25, 0.3) is 21.6 Å². The van der Waals surface area contributed by atoms with E-state index in [0.29, 0.717) is 16.0 Å². The fourth-order valence-corrected chi connectivity index (χ4v) is 4.57. The van der Waals surface area contributed by atoms with Crippen molar-refractivity contribution in [2.75, 3.05) is 5.75 Å². The van der Waals surface area contributed by atoms with Gasteiger partial charge >= 0.3 is 0 Å². The first-order chi connectivity index (χ1) is 12.1. The second-order valence-electron chi connectivity index (χ2n) is 5.91. The zero-order valence-corrected chi connectivity index (χ0v) is 16.4. The first kappa shape index (κ1) is 18.1. The van der Waals surface area contributed by atoms with Crippen LogP contribution in [0.4, 0.5) is 0 Å². The number of pyridine rings is 2. The molecular formula is C18H22N4OS2. The number of fused-ring (bicyclic) bond motifs is 1. The lowest BCUT2D eigenvalue weighted by Crippen LogP contribution is -2.13. The van der Waals surface area contributed by atoms with Crippen molar-refractivity contribution < 1.29 is 0 Å². The Hall–Kier alpha value is -1.73. The minimum Gasteiger partial charge on any atom is -0.332 e. The lowest BCUT2D eigenvalue weighted by atomic mass is 10.2. The molecule has 132 valence electrons. The van der Waals surface area contributed by atoms with Gasteiger partial charge in [-0.25, -0.2) is 4.98 Å². The van der Waals surface area contributed by atoms with Gasteiger partial charge < -0.3 is 4.57 Å². The minimum atomic E-state index is -0.0223. The predicted octanol–water partition coefficient (Wildman–Crippen LogP) is 4.53. The van der Waals surface area contributed by atoms with E-state index in [-0.39, 0.29) is 5.43 Å². The van der Waals surface area contributed by atoms with Crippen molar-refractivity contribution >= 4 is 34.1 Å². The monoisotopic (exact) mass is 374 g/mol. The fraction of sp³-hybridized carbons (Fsp3) is 0.444. The molecule has 0 bridgehead atoms. The summed E-state index contributed by atoms with van der Waals surface area (Å²) in [7, 11) is 0. The van der Waals surface area contributed by atoms with Crippen molar-refractivity contribution in [3.63, 3.8) is 0 Å². The summed E-state index contributed by atoms with van der Waals surface area (Å²) in [6.07, 6.45) is 5.49. The largest absolute Gasteiger partial charge is 0.332 e. The minimum absolute atomic E-state index is 0.0223. The van der Waals surface area contributed by atoms with Crippen LogP contribution in [-0.2, 0) is 6.54 Å². The zero-order chi connectivity index (χ0) is 17.8. The molecule has 0 N–H and O–H groups in total. The van der Waals surface area contributed by atoms with Crippen molar-refractivity contribution in [1.29, 1.82) is 0 Å². The molecule has 0 amide bonds. The highest BCUT2D eigenvalue weighted by Gasteiger charge is 2.15. The van der Waals surface area contributed by atoms with Crippen LogP contribution in [0.3, 0.4) is 0 Å². The summed E-state index contributed by atoms with van der Waals surface area (Å²) in [5.41, 5.74) is 2.22. The van der Waals surface area contributed by atoms with Crippen LogP contribution in [0, 0.1) is 6.92 Å². The number of thioether (sulfide) groups is 1. The van der Waals surface area contributed by atoms with Crippen LogP contribution < -0.4 is 5.43 Å². The van der Waals surface area contributed by atoms with Crippen LogP contribution in [0.1, 0.15) is 38.8 Å². The average molecular weight is 375 g/mol. The summed E-state index contributed by atoms with van der Waals surface area (Å²) in [5.74, 6) is 1.04. The molecule has 3 heterocycles. The van der Waals surface area contributed by atoms with E-state index in [0.717, 1.165) is 28.0 Å². The first-order valence-electron chi connectivity index (χ1n) is 8.61. The maximum atomic E-state index is 12.9. The van der Waals surface area contributed by atoms with Gasteiger partial charge in [0.15, 0.2) is 9.35 Å². The van der Waals surface area contributed by atoms with Gasteiger partial charge in [-0.05, 0) is 32.4 Å². The van der Waals surface area contributed by atoms with Gasteiger partial charge in [-0.3, -0.25) is 4.79 Å². The van der Waals surface area contributed by atoms with Gasteiger partial charge in [-0.2, -0.15) is 0 Å². The highest BCUT2D eigenvalue weighted by atomic mass is 32.2. The highest BCUT2D eigenvalue weighted by Crippen LogP contribution is 2.29. The average Bonchev–Trinajstić information content (AvgIpc) is 3.08. The third-order valence-corrected chi connectivity index (χ3v) is 6.19. The standard InChI is InChI=1S/C18H22N4OS2/c1-4-6-7-10-24-18-21-20-17(25-18)14-11-22(5-2)16-13(15(14)23)9-8-12(3)19-16/h8-9,11H,4-7,10H2,1-3H3. The van der Waals surface area contributed by atoms with Crippen molar-refractivity contribution in [2.24, 2.45) is 0 Å². The van der Waals surface area contributed by atoms with Gasteiger partial charge in [-0.1, -0.05) is 42.9 Å². The maximum Gasteiger partial charge on any atom is 0.201 e. The van der Waals surface area contributed by atoms with Crippen LogP contribution in [0.2, 0.25) is 0 Å². The summed E-state index contributed by atoms with van der Waals surface area (Å²) in [6.45, 7) is 6.93. The summed E-state index contributed by atoms with van der Waals surface area (Å²) in [6, 6.07) is 3.74. The number of hydrogen-bond donors (Lipinski definition) is 0. The third-order valence-electron chi connectivity index (χ3n) is 4.01. The molecule has 0 unspecified atom stereocenters. The number of unbranched alkanes of at least 4 members (excludes halogenated alkanes) is 2. The van der Waals surface area contributed by atoms with E-state index in [1.165, 1.54) is 30.6 Å². The van der Waals surface area contributed by atoms with Gasteiger partial charge in [-0.15, -0.1) is 10.2 Å². The van der Waals surface area contributed by atoms with E-state index in [1.807, 2.05) is 36.7 Å². The molecule has 0 saturated carbocycles. The van der Waals surface area contributed by atoms with Gasteiger partial charge in [0.2, 0.25) is 5.43 Å². The normalized spacial score (nSPS) is 11.3. The number of rotatable bonds is 7. The van der Waals surface area contributed by atoms with Crippen molar-refractivity contribution in [3.8, 4) is 10.6 Å². The molecule has 0 spiro atoms. The molecule has 7 heteroatoms. The lowest BCUT2D eigenvalue weighted by molar-refractivity contribution is 0.776. The molecule has 3 rings (SSSR count). The molecule has 0 aliphatic heterocycles. The molecule has 0 atom stereocenters. The Morgan fingerprint density at radius 3 is 2.80 bits per heavy atom. The molecular weight excluding hydrogens is 352 g/mol. The quantitative estimate of drug-likeness (QED) is 0.449. The Bertz CT molecular complexity index is 932. The first-order valence-corrected chi connectivity index (χ1v) is 10.4. The third kappa shape index (κ3) is 3.93. The van der Waals surface area contributed by atoms with Gasteiger partial charge in [0, 0.05) is 24.2 Å². The molecule has 5 nitrogen and oxygen atoms in total. The number of hydrogen-bond acceptors (Lipinski definition) is 6. The molecule has 25 heavy (non-hydrogen) atoms. The predicted molar refractivity (Wildman–Crippen MR) is 106 cm³/mol. The maximum absolute atomic E-state index is 12.9.